The Morgan fingerprint density at radius 1 is 1.15 bits per heavy atom. The molecule has 1 saturated carbocycles. The highest BCUT2D eigenvalue weighted by Gasteiger charge is 2.32. The van der Waals surface area contributed by atoms with E-state index in [-0.39, 0.29) is 11.8 Å². The number of benzene rings is 1. The molecular formula is C21H30N4O. The van der Waals surface area contributed by atoms with Gasteiger partial charge in [-0.25, -0.2) is 4.98 Å². The lowest BCUT2D eigenvalue weighted by Gasteiger charge is -2.37. The molecule has 3 atom stereocenters. The van der Waals surface area contributed by atoms with E-state index in [0.717, 1.165) is 49.3 Å². The van der Waals surface area contributed by atoms with Gasteiger partial charge >= 0.3 is 0 Å². The van der Waals surface area contributed by atoms with Crippen LogP contribution >= 0.6 is 0 Å². The quantitative estimate of drug-likeness (QED) is 0.883. The molecule has 0 spiro atoms. The molecule has 2 N–H and O–H groups in total. The van der Waals surface area contributed by atoms with Crippen molar-refractivity contribution in [3.8, 4) is 0 Å². The molecule has 1 aliphatic carbocycles. The van der Waals surface area contributed by atoms with Gasteiger partial charge in [0.25, 0.3) is 0 Å². The number of anilines is 1. The van der Waals surface area contributed by atoms with Crippen molar-refractivity contribution in [2.24, 2.45) is 17.8 Å². The van der Waals surface area contributed by atoms with Crippen molar-refractivity contribution in [2.75, 3.05) is 18.0 Å². The van der Waals surface area contributed by atoms with Gasteiger partial charge in [0.2, 0.25) is 11.9 Å². The van der Waals surface area contributed by atoms with E-state index >= 15 is 0 Å². The summed E-state index contributed by atoms with van der Waals surface area (Å²) in [5.41, 5.74) is 2.07. The Labute approximate surface area is 155 Å². The Balaban J connectivity index is 1.33. The highest BCUT2D eigenvalue weighted by atomic mass is 16.2. The van der Waals surface area contributed by atoms with Crippen LogP contribution in [0.4, 0.5) is 5.95 Å². The molecule has 0 unspecified atom stereocenters. The lowest BCUT2D eigenvalue weighted by Crippen LogP contribution is -2.48. The average Bonchev–Trinajstić information content (AvgIpc) is 3.10. The van der Waals surface area contributed by atoms with E-state index in [1.165, 1.54) is 12.8 Å². The number of hydrogen-bond acceptors (Lipinski definition) is 3. The molecule has 2 fully saturated rings. The van der Waals surface area contributed by atoms with Gasteiger partial charge < -0.3 is 15.2 Å². The van der Waals surface area contributed by atoms with Crippen LogP contribution in [0.2, 0.25) is 0 Å². The van der Waals surface area contributed by atoms with Gasteiger partial charge in [-0.3, -0.25) is 4.79 Å². The van der Waals surface area contributed by atoms with Crippen LogP contribution in [-0.4, -0.2) is 35.0 Å². The first-order valence-corrected chi connectivity index (χ1v) is 10.1. The van der Waals surface area contributed by atoms with Crippen LogP contribution in [0.15, 0.2) is 24.3 Å². The highest BCUT2D eigenvalue weighted by Crippen LogP contribution is 2.30. The molecule has 1 aromatic heterocycles. The van der Waals surface area contributed by atoms with E-state index in [2.05, 4.69) is 40.1 Å². The molecule has 1 aromatic carbocycles. The molecule has 0 bridgehead atoms. The van der Waals surface area contributed by atoms with Gasteiger partial charge in [0.1, 0.15) is 0 Å². The molecule has 1 aliphatic heterocycles. The van der Waals surface area contributed by atoms with Crippen molar-refractivity contribution in [3.63, 3.8) is 0 Å². The maximum Gasteiger partial charge on any atom is 0.223 e. The van der Waals surface area contributed by atoms with Crippen molar-refractivity contribution in [1.82, 2.24) is 15.3 Å². The second kappa shape index (κ2) is 7.29. The van der Waals surface area contributed by atoms with Crippen LogP contribution in [0.5, 0.6) is 0 Å². The molecule has 26 heavy (non-hydrogen) atoms. The number of rotatable bonds is 3. The number of carbonyl (C=O) groups excluding carboxylic acids is 1. The SMILES string of the molecule is C[C@@H]1[C@H](C)CCC[C@@H]1NC(=O)C1CCN(c2nc3ccccc3[nH]2)CC1. The van der Waals surface area contributed by atoms with E-state index in [4.69, 9.17) is 0 Å². The summed E-state index contributed by atoms with van der Waals surface area (Å²) in [6.45, 7) is 6.37. The summed E-state index contributed by atoms with van der Waals surface area (Å²) in [4.78, 5) is 23.1. The first kappa shape index (κ1) is 17.4. The normalized spacial score (nSPS) is 27.6. The fourth-order valence-electron chi connectivity index (χ4n) is 4.53. The number of para-hydroxylation sites is 2. The van der Waals surface area contributed by atoms with E-state index in [9.17, 15) is 4.79 Å². The summed E-state index contributed by atoms with van der Waals surface area (Å²) in [7, 11) is 0. The van der Waals surface area contributed by atoms with Gasteiger partial charge in [-0.05, 0) is 43.2 Å². The molecule has 0 radical (unpaired) electrons. The zero-order chi connectivity index (χ0) is 18.1. The lowest BCUT2D eigenvalue weighted by molar-refractivity contribution is -0.127. The second-order valence-electron chi connectivity index (χ2n) is 8.22. The Hall–Kier alpha value is -2.04. The molecule has 4 rings (SSSR count). The largest absolute Gasteiger partial charge is 0.353 e. The van der Waals surface area contributed by atoms with Crippen molar-refractivity contribution in [1.29, 1.82) is 0 Å². The molecule has 1 saturated heterocycles. The van der Waals surface area contributed by atoms with E-state index < -0.39 is 0 Å². The third-order valence-corrected chi connectivity index (χ3v) is 6.58. The van der Waals surface area contributed by atoms with Crippen LogP contribution in [0.25, 0.3) is 11.0 Å². The first-order chi connectivity index (χ1) is 12.6. The molecule has 5 nitrogen and oxygen atoms in total. The fourth-order valence-corrected chi connectivity index (χ4v) is 4.53. The van der Waals surface area contributed by atoms with Gasteiger partial charge in [-0.15, -0.1) is 0 Å². The number of aromatic nitrogens is 2. The number of H-pyrrole nitrogens is 1. The summed E-state index contributed by atoms with van der Waals surface area (Å²) in [5.74, 6) is 2.63. The fraction of sp³-hybridized carbons (Fsp3) is 0.619. The van der Waals surface area contributed by atoms with Gasteiger partial charge in [-0.1, -0.05) is 38.8 Å². The summed E-state index contributed by atoms with van der Waals surface area (Å²) in [6, 6.07) is 8.48. The third-order valence-electron chi connectivity index (χ3n) is 6.58. The topological polar surface area (TPSA) is 61.0 Å². The monoisotopic (exact) mass is 354 g/mol. The summed E-state index contributed by atoms with van der Waals surface area (Å²) < 4.78 is 0. The van der Waals surface area contributed by atoms with Crippen LogP contribution in [-0.2, 0) is 4.79 Å². The predicted octanol–water partition coefficient (Wildman–Crippen LogP) is 3.72. The van der Waals surface area contributed by atoms with Crippen molar-refractivity contribution >= 4 is 22.9 Å². The van der Waals surface area contributed by atoms with Crippen molar-refractivity contribution < 1.29 is 4.79 Å². The summed E-state index contributed by atoms with van der Waals surface area (Å²) in [6.07, 6.45) is 5.47. The standard InChI is InChI=1S/C21H30N4O/c1-14-6-5-9-17(15(14)2)22-20(26)16-10-12-25(13-11-16)21-23-18-7-3-4-8-19(18)24-21/h3-4,7-8,14-17H,5-6,9-13H2,1-2H3,(H,22,26)(H,23,24)/t14-,15-,17+/m1/s1. The summed E-state index contributed by atoms with van der Waals surface area (Å²) in [5, 5.41) is 3.36. The number of nitrogens with one attached hydrogen (secondary N) is 2. The number of amides is 1. The zero-order valence-corrected chi connectivity index (χ0v) is 15.9. The molecule has 1 amide bonds. The van der Waals surface area contributed by atoms with E-state index in [1.807, 2.05) is 18.2 Å². The van der Waals surface area contributed by atoms with Crippen LogP contribution in [0, 0.1) is 17.8 Å². The minimum atomic E-state index is 0.139. The Morgan fingerprint density at radius 2 is 1.92 bits per heavy atom. The number of aromatic amines is 1. The number of piperidine rings is 1. The van der Waals surface area contributed by atoms with Crippen molar-refractivity contribution in [2.45, 2.75) is 52.0 Å². The van der Waals surface area contributed by atoms with Gasteiger partial charge in [-0.2, -0.15) is 0 Å². The minimum Gasteiger partial charge on any atom is -0.353 e. The Bertz CT molecular complexity index is 729. The smallest absolute Gasteiger partial charge is 0.223 e. The van der Waals surface area contributed by atoms with E-state index in [0.29, 0.717) is 17.9 Å². The molecule has 2 aliphatic rings. The molecule has 2 heterocycles. The number of imidazole rings is 1. The third kappa shape index (κ3) is 3.44. The lowest BCUT2D eigenvalue weighted by atomic mass is 9.78. The average molecular weight is 354 g/mol. The highest BCUT2D eigenvalue weighted by molar-refractivity contribution is 5.80. The Morgan fingerprint density at radius 3 is 2.69 bits per heavy atom. The molecule has 140 valence electrons. The molecule has 2 aromatic rings. The minimum absolute atomic E-state index is 0.139. The van der Waals surface area contributed by atoms with Crippen LogP contribution < -0.4 is 10.2 Å². The van der Waals surface area contributed by atoms with Crippen LogP contribution in [0.1, 0.15) is 46.0 Å². The molecular weight excluding hydrogens is 324 g/mol. The summed E-state index contributed by atoms with van der Waals surface area (Å²) >= 11 is 0. The van der Waals surface area contributed by atoms with Gasteiger partial charge in [0.05, 0.1) is 11.0 Å². The van der Waals surface area contributed by atoms with Gasteiger partial charge in [0, 0.05) is 25.0 Å². The predicted molar refractivity (Wildman–Crippen MR) is 105 cm³/mol. The second-order valence-corrected chi connectivity index (χ2v) is 8.22. The van der Waals surface area contributed by atoms with Crippen LogP contribution in [0.3, 0.4) is 0 Å². The number of fused-ring (bicyclic) bond motifs is 1. The molecule has 5 heteroatoms. The number of nitrogens with zero attached hydrogens (tertiary/aromatic N) is 2. The maximum atomic E-state index is 12.7. The van der Waals surface area contributed by atoms with Gasteiger partial charge in [0.15, 0.2) is 0 Å². The number of carbonyl (C=O) groups is 1. The number of hydrogen-bond donors (Lipinski definition) is 2. The zero-order valence-electron chi connectivity index (χ0n) is 15.9. The van der Waals surface area contributed by atoms with E-state index in [1.54, 1.807) is 0 Å². The maximum absolute atomic E-state index is 12.7. The van der Waals surface area contributed by atoms with Crippen molar-refractivity contribution in [3.05, 3.63) is 24.3 Å². The Kier molecular flexibility index (Phi) is 4.88. The first-order valence-electron chi connectivity index (χ1n) is 10.1.